The van der Waals surface area contributed by atoms with E-state index in [0.29, 0.717) is 16.7 Å². The number of morpholine rings is 1. The molecule has 128 valence electrons. The maximum atomic E-state index is 6.26. The second kappa shape index (κ2) is 8.84. The molecular formula is C19H21Cl2NO2. The molecule has 1 aliphatic rings. The van der Waals surface area contributed by atoms with E-state index in [9.17, 15) is 0 Å². The van der Waals surface area contributed by atoms with Gasteiger partial charge in [0.15, 0.2) is 0 Å². The average molecular weight is 366 g/mol. The van der Waals surface area contributed by atoms with Crippen molar-refractivity contribution in [3.8, 4) is 0 Å². The molecule has 5 heteroatoms. The summed E-state index contributed by atoms with van der Waals surface area (Å²) in [6, 6.07) is 15.8. The van der Waals surface area contributed by atoms with Crippen LogP contribution in [0.3, 0.4) is 0 Å². The summed E-state index contributed by atoms with van der Waals surface area (Å²) in [7, 11) is 0. The quantitative estimate of drug-likeness (QED) is 0.747. The van der Waals surface area contributed by atoms with Crippen molar-refractivity contribution in [2.24, 2.45) is 0 Å². The molecule has 1 fully saturated rings. The highest BCUT2D eigenvalue weighted by molar-refractivity contribution is 6.35. The largest absolute Gasteiger partial charge is 0.379 e. The van der Waals surface area contributed by atoms with Crippen molar-refractivity contribution in [3.05, 3.63) is 69.7 Å². The van der Waals surface area contributed by atoms with E-state index in [4.69, 9.17) is 32.7 Å². The van der Waals surface area contributed by atoms with Crippen molar-refractivity contribution in [3.63, 3.8) is 0 Å². The predicted octanol–water partition coefficient (Wildman–Crippen LogP) is 4.58. The molecule has 0 amide bonds. The summed E-state index contributed by atoms with van der Waals surface area (Å²) in [5.74, 6) is 0. The number of benzene rings is 2. The Morgan fingerprint density at radius 2 is 1.79 bits per heavy atom. The van der Waals surface area contributed by atoms with Gasteiger partial charge < -0.3 is 9.47 Å². The van der Waals surface area contributed by atoms with Crippen LogP contribution in [0, 0.1) is 0 Å². The Kier molecular flexibility index (Phi) is 6.52. The minimum atomic E-state index is -0.00366. The van der Waals surface area contributed by atoms with Crippen molar-refractivity contribution in [2.45, 2.75) is 12.7 Å². The van der Waals surface area contributed by atoms with E-state index in [-0.39, 0.29) is 6.10 Å². The lowest BCUT2D eigenvalue weighted by atomic mass is 10.1. The van der Waals surface area contributed by atoms with Gasteiger partial charge in [0.1, 0.15) is 0 Å². The molecule has 0 bridgehead atoms. The van der Waals surface area contributed by atoms with Gasteiger partial charge in [-0.25, -0.2) is 0 Å². The monoisotopic (exact) mass is 365 g/mol. The van der Waals surface area contributed by atoms with E-state index < -0.39 is 0 Å². The molecule has 0 radical (unpaired) electrons. The van der Waals surface area contributed by atoms with E-state index in [1.54, 1.807) is 6.07 Å². The lowest BCUT2D eigenvalue weighted by Gasteiger charge is -2.30. The summed E-state index contributed by atoms with van der Waals surface area (Å²) in [4.78, 5) is 2.38. The van der Waals surface area contributed by atoms with Gasteiger partial charge in [0.05, 0.1) is 25.9 Å². The fraction of sp³-hybridized carbons (Fsp3) is 0.368. The standard InChI is InChI=1S/C19H21Cl2NO2/c20-17-7-6-16(18(21)12-17)14-24-19(15-4-2-1-3-5-15)13-22-8-10-23-11-9-22/h1-7,12,19H,8-11,13-14H2. The topological polar surface area (TPSA) is 21.7 Å². The Bertz CT molecular complexity index is 645. The van der Waals surface area contributed by atoms with Crippen molar-refractivity contribution in [1.29, 1.82) is 0 Å². The summed E-state index contributed by atoms with van der Waals surface area (Å²) in [6.45, 7) is 4.75. The van der Waals surface area contributed by atoms with E-state index in [1.165, 1.54) is 5.56 Å². The zero-order valence-corrected chi connectivity index (χ0v) is 15.0. The Morgan fingerprint density at radius 3 is 2.50 bits per heavy atom. The molecule has 3 rings (SSSR count). The van der Waals surface area contributed by atoms with Gasteiger partial charge in [0, 0.05) is 29.7 Å². The van der Waals surface area contributed by atoms with Gasteiger partial charge in [-0.2, -0.15) is 0 Å². The highest BCUT2D eigenvalue weighted by Crippen LogP contribution is 2.25. The molecule has 2 aromatic rings. The Hall–Kier alpha value is -1.10. The predicted molar refractivity (Wildman–Crippen MR) is 97.7 cm³/mol. The van der Waals surface area contributed by atoms with Crippen LogP contribution in [-0.4, -0.2) is 37.7 Å². The zero-order valence-electron chi connectivity index (χ0n) is 13.5. The van der Waals surface area contributed by atoms with Crippen LogP contribution in [0.15, 0.2) is 48.5 Å². The molecule has 2 aromatic carbocycles. The van der Waals surface area contributed by atoms with Crippen LogP contribution in [0.1, 0.15) is 17.2 Å². The van der Waals surface area contributed by atoms with Gasteiger partial charge in [-0.15, -0.1) is 0 Å². The van der Waals surface area contributed by atoms with Gasteiger partial charge in [-0.1, -0.05) is 59.6 Å². The molecule has 1 saturated heterocycles. The second-order valence-electron chi connectivity index (χ2n) is 5.86. The minimum Gasteiger partial charge on any atom is -0.379 e. The van der Waals surface area contributed by atoms with Crippen molar-refractivity contribution in [2.75, 3.05) is 32.8 Å². The average Bonchev–Trinajstić information content (AvgIpc) is 2.61. The number of rotatable bonds is 6. The first-order valence-corrected chi connectivity index (χ1v) is 8.88. The van der Waals surface area contributed by atoms with Crippen LogP contribution in [-0.2, 0) is 16.1 Å². The van der Waals surface area contributed by atoms with E-state index in [1.807, 2.05) is 30.3 Å². The van der Waals surface area contributed by atoms with Gasteiger partial charge in [0.2, 0.25) is 0 Å². The normalized spacial score (nSPS) is 16.9. The van der Waals surface area contributed by atoms with Gasteiger partial charge >= 0.3 is 0 Å². The molecule has 1 heterocycles. The third-order valence-electron chi connectivity index (χ3n) is 4.15. The van der Waals surface area contributed by atoms with Crippen LogP contribution >= 0.6 is 23.2 Å². The van der Waals surface area contributed by atoms with E-state index in [0.717, 1.165) is 38.4 Å². The first-order valence-electron chi connectivity index (χ1n) is 8.13. The summed E-state index contributed by atoms with van der Waals surface area (Å²) < 4.78 is 11.7. The van der Waals surface area contributed by atoms with Crippen LogP contribution in [0.25, 0.3) is 0 Å². The zero-order chi connectivity index (χ0) is 16.8. The fourth-order valence-corrected chi connectivity index (χ4v) is 3.23. The van der Waals surface area contributed by atoms with Gasteiger partial charge in [-0.3, -0.25) is 4.90 Å². The smallest absolute Gasteiger partial charge is 0.0956 e. The maximum absolute atomic E-state index is 6.26. The lowest BCUT2D eigenvalue weighted by Crippen LogP contribution is -2.39. The Labute approximate surface area is 153 Å². The highest BCUT2D eigenvalue weighted by atomic mass is 35.5. The fourth-order valence-electron chi connectivity index (χ4n) is 2.77. The molecule has 3 nitrogen and oxygen atoms in total. The molecule has 0 saturated carbocycles. The molecule has 1 atom stereocenters. The Balaban J connectivity index is 1.69. The first-order chi connectivity index (χ1) is 11.7. The molecular weight excluding hydrogens is 345 g/mol. The molecule has 0 spiro atoms. The minimum absolute atomic E-state index is 0.00366. The molecule has 1 unspecified atom stereocenters. The van der Waals surface area contributed by atoms with Crippen molar-refractivity contribution in [1.82, 2.24) is 4.90 Å². The summed E-state index contributed by atoms with van der Waals surface area (Å²) in [6.07, 6.45) is -0.00366. The third kappa shape index (κ3) is 4.95. The van der Waals surface area contributed by atoms with Crippen LogP contribution < -0.4 is 0 Å². The lowest BCUT2D eigenvalue weighted by molar-refractivity contribution is -0.0191. The molecule has 0 aliphatic carbocycles. The first kappa shape index (κ1) is 17.7. The van der Waals surface area contributed by atoms with Crippen molar-refractivity contribution >= 4 is 23.2 Å². The molecule has 1 aliphatic heterocycles. The summed E-state index contributed by atoms with van der Waals surface area (Å²) in [5, 5.41) is 1.28. The van der Waals surface area contributed by atoms with E-state index in [2.05, 4.69) is 17.0 Å². The van der Waals surface area contributed by atoms with Crippen LogP contribution in [0.4, 0.5) is 0 Å². The van der Waals surface area contributed by atoms with E-state index >= 15 is 0 Å². The summed E-state index contributed by atoms with van der Waals surface area (Å²) in [5.41, 5.74) is 2.12. The summed E-state index contributed by atoms with van der Waals surface area (Å²) >= 11 is 12.2. The van der Waals surface area contributed by atoms with Crippen LogP contribution in [0.2, 0.25) is 10.0 Å². The maximum Gasteiger partial charge on any atom is 0.0956 e. The highest BCUT2D eigenvalue weighted by Gasteiger charge is 2.19. The number of hydrogen-bond donors (Lipinski definition) is 0. The van der Waals surface area contributed by atoms with Gasteiger partial charge in [0.25, 0.3) is 0 Å². The number of hydrogen-bond acceptors (Lipinski definition) is 3. The number of ether oxygens (including phenoxy) is 2. The molecule has 0 aromatic heterocycles. The SMILES string of the molecule is Clc1ccc(COC(CN2CCOCC2)c2ccccc2)c(Cl)c1. The molecule has 0 N–H and O–H groups in total. The number of halogens is 2. The number of nitrogens with zero attached hydrogens (tertiary/aromatic N) is 1. The third-order valence-corrected chi connectivity index (χ3v) is 4.74. The van der Waals surface area contributed by atoms with Gasteiger partial charge in [-0.05, 0) is 23.3 Å². The van der Waals surface area contributed by atoms with Crippen LogP contribution in [0.5, 0.6) is 0 Å². The molecule has 24 heavy (non-hydrogen) atoms. The Morgan fingerprint density at radius 1 is 1.04 bits per heavy atom. The van der Waals surface area contributed by atoms with Crippen molar-refractivity contribution < 1.29 is 9.47 Å². The second-order valence-corrected chi connectivity index (χ2v) is 6.70.